The molecule has 0 amide bonds. The van der Waals surface area contributed by atoms with Crippen molar-refractivity contribution in [2.75, 3.05) is 0 Å². The largest absolute Gasteiger partial charge is 0.477 e. The monoisotopic (exact) mass is 248 g/mol. The minimum atomic E-state index is -0.973. The van der Waals surface area contributed by atoms with Crippen molar-refractivity contribution in [2.24, 2.45) is 5.41 Å². The first-order valence-electron chi connectivity index (χ1n) is 6.39. The number of nitrogens with one attached hydrogen (secondary N) is 1. The molecular weight excluding hydrogens is 228 g/mol. The molecule has 0 aliphatic heterocycles. The van der Waals surface area contributed by atoms with Crippen LogP contribution in [0.2, 0.25) is 0 Å². The van der Waals surface area contributed by atoms with E-state index in [4.69, 9.17) is 5.11 Å². The van der Waals surface area contributed by atoms with Crippen LogP contribution in [0.15, 0.2) is 18.2 Å². The molecule has 18 heavy (non-hydrogen) atoms. The topological polar surface area (TPSA) is 62.2 Å². The lowest BCUT2D eigenvalue weighted by atomic mass is 9.92. The van der Waals surface area contributed by atoms with Crippen molar-refractivity contribution in [3.05, 3.63) is 29.6 Å². The van der Waals surface area contributed by atoms with Crippen molar-refractivity contribution >= 4 is 5.97 Å². The summed E-state index contributed by atoms with van der Waals surface area (Å²) >= 11 is 0. The van der Waals surface area contributed by atoms with E-state index < -0.39 is 5.97 Å². The van der Waals surface area contributed by atoms with Crippen LogP contribution >= 0.6 is 0 Å². The van der Waals surface area contributed by atoms with Crippen LogP contribution in [-0.2, 0) is 6.54 Å². The van der Waals surface area contributed by atoms with Crippen molar-refractivity contribution in [3.63, 3.8) is 0 Å². The molecule has 0 saturated heterocycles. The van der Waals surface area contributed by atoms with Crippen LogP contribution in [0.1, 0.15) is 49.3 Å². The van der Waals surface area contributed by atoms with E-state index in [1.807, 2.05) is 6.07 Å². The van der Waals surface area contributed by atoms with E-state index in [0.717, 1.165) is 5.69 Å². The lowest BCUT2D eigenvalue weighted by Gasteiger charge is -2.17. The fourth-order valence-corrected chi connectivity index (χ4v) is 2.56. The summed E-state index contributed by atoms with van der Waals surface area (Å²) in [4.78, 5) is 14.9. The van der Waals surface area contributed by atoms with E-state index in [1.165, 1.54) is 25.3 Å². The van der Waals surface area contributed by atoms with Crippen molar-refractivity contribution in [2.45, 2.75) is 45.7 Å². The molecule has 1 saturated carbocycles. The van der Waals surface area contributed by atoms with Crippen molar-refractivity contribution in [3.8, 4) is 0 Å². The molecule has 1 atom stereocenters. The van der Waals surface area contributed by atoms with Crippen LogP contribution in [0.25, 0.3) is 0 Å². The van der Waals surface area contributed by atoms with Gasteiger partial charge in [0.05, 0.1) is 5.69 Å². The number of aromatic nitrogens is 1. The van der Waals surface area contributed by atoms with Gasteiger partial charge in [0.25, 0.3) is 0 Å². The van der Waals surface area contributed by atoms with E-state index in [2.05, 4.69) is 24.1 Å². The first kappa shape index (κ1) is 13.0. The predicted octanol–water partition coefficient (Wildman–Crippen LogP) is 2.45. The van der Waals surface area contributed by atoms with Crippen molar-refractivity contribution in [1.29, 1.82) is 0 Å². The summed E-state index contributed by atoms with van der Waals surface area (Å²) in [5, 5.41) is 12.3. The summed E-state index contributed by atoms with van der Waals surface area (Å²) in [5.74, 6) is -0.973. The third kappa shape index (κ3) is 3.29. The van der Waals surface area contributed by atoms with Crippen LogP contribution in [0.3, 0.4) is 0 Å². The summed E-state index contributed by atoms with van der Waals surface area (Å²) in [6.07, 6.45) is 3.60. The molecule has 0 bridgehead atoms. The smallest absolute Gasteiger partial charge is 0.354 e. The van der Waals surface area contributed by atoms with Crippen molar-refractivity contribution in [1.82, 2.24) is 10.3 Å². The summed E-state index contributed by atoms with van der Waals surface area (Å²) in [7, 11) is 0. The molecule has 1 aromatic heterocycles. The fourth-order valence-electron chi connectivity index (χ4n) is 2.56. The predicted molar refractivity (Wildman–Crippen MR) is 69.5 cm³/mol. The average Bonchev–Trinajstić information content (AvgIpc) is 2.67. The van der Waals surface area contributed by atoms with Gasteiger partial charge in [-0.3, -0.25) is 0 Å². The third-order valence-electron chi connectivity index (χ3n) is 3.57. The molecule has 98 valence electrons. The number of aromatic carboxylic acids is 1. The zero-order valence-corrected chi connectivity index (χ0v) is 10.9. The van der Waals surface area contributed by atoms with Crippen LogP contribution in [0.4, 0.5) is 0 Å². The van der Waals surface area contributed by atoms with Gasteiger partial charge in [-0.25, -0.2) is 9.78 Å². The Morgan fingerprint density at radius 3 is 2.94 bits per heavy atom. The molecule has 1 aliphatic rings. The second-order valence-corrected chi connectivity index (χ2v) is 5.80. The normalized spacial score (nSPS) is 22.0. The van der Waals surface area contributed by atoms with Gasteiger partial charge in [-0.2, -0.15) is 0 Å². The van der Waals surface area contributed by atoms with Gasteiger partial charge < -0.3 is 10.4 Å². The molecule has 2 rings (SSSR count). The van der Waals surface area contributed by atoms with Gasteiger partial charge in [0.1, 0.15) is 5.69 Å². The highest BCUT2D eigenvalue weighted by atomic mass is 16.4. The Hall–Kier alpha value is -1.42. The van der Waals surface area contributed by atoms with Gasteiger partial charge in [-0.15, -0.1) is 0 Å². The average molecular weight is 248 g/mol. The number of pyridine rings is 1. The van der Waals surface area contributed by atoms with E-state index >= 15 is 0 Å². The molecule has 1 fully saturated rings. The Labute approximate surface area is 107 Å². The maximum absolute atomic E-state index is 10.8. The highest BCUT2D eigenvalue weighted by molar-refractivity contribution is 5.85. The van der Waals surface area contributed by atoms with Gasteiger partial charge in [0, 0.05) is 12.6 Å². The zero-order valence-electron chi connectivity index (χ0n) is 10.9. The quantitative estimate of drug-likeness (QED) is 0.859. The number of rotatable bonds is 4. The molecule has 1 unspecified atom stereocenters. The summed E-state index contributed by atoms with van der Waals surface area (Å²) < 4.78 is 0. The third-order valence-corrected chi connectivity index (χ3v) is 3.57. The molecule has 0 spiro atoms. The maximum Gasteiger partial charge on any atom is 0.354 e. The van der Waals surface area contributed by atoms with Gasteiger partial charge in [0.2, 0.25) is 0 Å². The van der Waals surface area contributed by atoms with Crippen LogP contribution in [0.5, 0.6) is 0 Å². The zero-order chi connectivity index (χ0) is 13.2. The van der Waals surface area contributed by atoms with Crippen LogP contribution in [0, 0.1) is 5.41 Å². The van der Waals surface area contributed by atoms with Gasteiger partial charge in [0.15, 0.2) is 0 Å². The minimum Gasteiger partial charge on any atom is -0.477 e. The lowest BCUT2D eigenvalue weighted by molar-refractivity contribution is 0.0690. The summed E-state index contributed by atoms with van der Waals surface area (Å²) in [6, 6.07) is 5.64. The lowest BCUT2D eigenvalue weighted by Crippen LogP contribution is -2.27. The Balaban J connectivity index is 1.91. The van der Waals surface area contributed by atoms with Crippen molar-refractivity contribution < 1.29 is 9.90 Å². The van der Waals surface area contributed by atoms with E-state index in [-0.39, 0.29) is 5.69 Å². The molecule has 4 heteroatoms. The Bertz CT molecular complexity index is 443. The van der Waals surface area contributed by atoms with Crippen LogP contribution < -0.4 is 5.32 Å². The van der Waals surface area contributed by atoms with E-state index in [9.17, 15) is 4.79 Å². The number of carboxylic acids is 1. The molecule has 1 aliphatic carbocycles. The molecule has 4 nitrogen and oxygen atoms in total. The number of carboxylic acid groups (broad SMARTS) is 1. The Kier molecular flexibility index (Phi) is 3.66. The first-order chi connectivity index (χ1) is 8.46. The Morgan fingerprint density at radius 2 is 2.33 bits per heavy atom. The van der Waals surface area contributed by atoms with E-state index in [1.54, 1.807) is 6.07 Å². The highest BCUT2D eigenvalue weighted by Crippen LogP contribution is 2.36. The molecule has 2 N–H and O–H groups in total. The number of carbonyl (C=O) groups is 1. The minimum absolute atomic E-state index is 0.112. The van der Waals surface area contributed by atoms with Crippen LogP contribution in [-0.4, -0.2) is 22.1 Å². The summed E-state index contributed by atoms with van der Waals surface area (Å²) in [5.41, 5.74) is 1.33. The SMILES string of the molecule is CC1(C)CCC(NCc2cccc(C(=O)O)n2)C1. The molecule has 0 radical (unpaired) electrons. The molecular formula is C14H20N2O2. The van der Waals surface area contributed by atoms with Gasteiger partial charge in [-0.05, 0) is 36.8 Å². The van der Waals surface area contributed by atoms with Gasteiger partial charge >= 0.3 is 5.97 Å². The first-order valence-corrected chi connectivity index (χ1v) is 6.39. The molecule has 0 aromatic carbocycles. The fraction of sp³-hybridized carbons (Fsp3) is 0.571. The number of hydrogen-bond acceptors (Lipinski definition) is 3. The van der Waals surface area contributed by atoms with Gasteiger partial charge in [-0.1, -0.05) is 19.9 Å². The second-order valence-electron chi connectivity index (χ2n) is 5.80. The van der Waals surface area contributed by atoms with E-state index in [0.29, 0.717) is 18.0 Å². The summed E-state index contributed by atoms with van der Waals surface area (Å²) in [6.45, 7) is 5.22. The molecule has 1 aromatic rings. The number of hydrogen-bond donors (Lipinski definition) is 2. The highest BCUT2D eigenvalue weighted by Gasteiger charge is 2.30. The number of nitrogens with zero attached hydrogens (tertiary/aromatic N) is 1. The maximum atomic E-state index is 10.8. The standard InChI is InChI=1S/C14H20N2O2/c1-14(2)7-6-10(8-14)15-9-11-4-3-5-12(16-11)13(17)18/h3-5,10,15H,6-9H2,1-2H3,(H,17,18). The Morgan fingerprint density at radius 1 is 1.56 bits per heavy atom. The molecule has 1 heterocycles. The second kappa shape index (κ2) is 5.06.